The van der Waals surface area contributed by atoms with Crippen LogP contribution in [0, 0.1) is 0 Å². The van der Waals surface area contributed by atoms with Crippen molar-refractivity contribution < 1.29 is 19.4 Å². The van der Waals surface area contributed by atoms with Crippen LogP contribution in [0.15, 0.2) is 24.3 Å². The highest BCUT2D eigenvalue weighted by atomic mass is 16.5. The SMILES string of the molecule is COC(C)C(=O)Nc1cccc(CCC(=O)O)c1. The van der Waals surface area contributed by atoms with E-state index < -0.39 is 12.1 Å². The highest BCUT2D eigenvalue weighted by Gasteiger charge is 2.11. The van der Waals surface area contributed by atoms with Gasteiger partial charge in [0, 0.05) is 19.2 Å². The summed E-state index contributed by atoms with van der Waals surface area (Å²) in [5, 5.41) is 11.3. The van der Waals surface area contributed by atoms with Crippen molar-refractivity contribution in [1.82, 2.24) is 0 Å². The number of benzene rings is 1. The molecule has 0 aliphatic rings. The zero-order chi connectivity index (χ0) is 13.5. The molecule has 0 bridgehead atoms. The van der Waals surface area contributed by atoms with Crippen molar-refractivity contribution in [2.24, 2.45) is 0 Å². The van der Waals surface area contributed by atoms with Crippen molar-refractivity contribution in [3.63, 3.8) is 0 Å². The predicted molar refractivity (Wildman–Crippen MR) is 67.5 cm³/mol. The normalized spacial score (nSPS) is 11.9. The van der Waals surface area contributed by atoms with Crippen LogP contribution < -0.4 is 5.32 Å². The molecule has 0 aliphatic carbocycles. The van der Waals surface area contributed by atoms with Crippen LogP contribution in [0.4, 0.5) is 5.69 Å². The fourth-order valence-corrected chi connectivity index (χ4v) is 1.41. The van der Waals surface area contributed by atoms with Crippen molar-refractivity contribution >= 4 is 17.6 Å². The lowest BCUT2D eigenvalue weighted by molar-refractivity contribution is -0.137. The molecular weight excluding hydrogens is 234 g/mol. The summed E-state index contributed by atoms with van der Waals surface area (Å²) in [6.45, 7) is 1.66. The predicted octanol–water partition coefficient (Wildman–Crippen LogP) is 1.68. The summed E-state index contributed by atoms with van der Waals surface area (Å²) in [7, 11) is 1.47. The Hall–Kier alpha value is -1.88. The van der Waals surface area contributed by atoms with Crippen LogP contribution >= 0.6 is 0 Å². The van der Waals surface area contributed by atoms with Gasteiger partial charge in [0.15, 0.2) is 0 Å². The Morgan fingerprint density at radius 1 is 1.44 bits per heavy atom. The number of aryl methyl sites for hydroxylation is 1. The first-order chi connectivity index (χ1) is 8.52. The molecule has 5 heteroatoms. The Labute approximate surface area is 106 Å². The van der Waals surface area contributed by atoms with Gasteiger partial charge in [-0.3, -0.25) is 9.59 Å². The molecule has 2 N–H and O–H groups in total. The minimum absolute atomic E-state index is 0.0753. The Kier molecular flexibility index (Phi) is 5.32. The van der Waals surface area contributed by atoms with Crippen molar-refractivity contribution in [3.8, 4) is 0 Å². The van der Waals surface area contributed by atoms with Crippen LogP contribution in [0.3, 0.4) is 0 Å². The number of carbonyl (C=O) groups is 2. The van der Waals surface area contributed by atoms with Crippen LogP contribution in [-0.4, -0.2) is 30.2 Å². The first-order valence-corrected chi connectivity index (χ1v) is 5.67. The summed E-state index contributed by atoms with van der Waals surface area (Å²) in [6, 6.07) is 7.14. The zero-order valence-corrected chi connectivity index (χ0v) is 10.5. The smallest absolute Gasteiger partial charge is 0.303 e. The van der Waals surface area contributed by atoms with E-state index in [1.54, 1.807) is 25.1 Å². The Morgan fingerprint density at radius 2 is 2.17 bits per heavy atom. The van der Waals surface area contributed by atoms with Crippen molar-refractivity contribution in [2.45, 2.75) is 25.9 Å². The maximum Gasteiger partial charge on any atom is 0.303 e. The quantitative estimate of drug-likeness (QED) is 0.806. The Morgan fingerprint density at radius 3 is 2.78 bits per heavy atom. The summed E-state index contributed by atoms with van der Waals surface area (Å²) in [5.41, 5.74) is 1.52. The number of ether oxygens (including phenoxy) is 1. The van der Waals surface area contributed by atoms with E-state index >= 15 is 0 Å². The van der Waals surface area contributed by atoms with Gasteiger partial charge in [-0.1, -0.05) is 12.1 Å². The molecule has 0 fully saturated rings. The monoisotopic (exact) mass is 251 g/mol. The van der Waals surface area contributed by atoms with Crippen molar-refractivity contribution in [3.05, 3.63) is 29.8 Å². The van der Waals surface area contributed by atoms with Gasteiger partial charge in [-0.2, -0.15) is 0 Å². The lowest BCUT2D eigenvalue weighted by atomic mass is 10.1. The molecule has 1 aromatic rings. The van der Waals surface area contributed by atoms with E-state index in [1.165, 1.54) is 7.11 Å². The first kappa shape index (κ1) is 14.2. The summed E-state index contributed by atoms with van der Waals surface area (Å²) >= 11 is 0. The second-order valence-electron chi connectivity index (χ2n) is 3.96. The average Bonchev–Trinajstić information content (AvgIpc) is 2.35. The van der Waals surface area contributed by atoms with Crippen LogP contribution in [0.2, 0.25) is 0 Å². The Balaban J connectivity index is 2.64. The van der Waals surface area contributed by atoms with Gasteiger partial charge in [0.25, 0.3) is 5.91 Å². The first-order valence-electron chi connectivity index (χ1n) is 5.67. The van der Waals surface area contributed by atoms with Crippen molar-refractivity contribution in [1.29, 1.82) is 0 Å². The summed E-state index contributed by atoms with van der Waals surface area (Å²) in [5.74, 6) is -1.06. The molecule has 98 valence electrons. The third kappa shape index (κ3) is 4.55. The van der Waals surface area contributed by atoms with E-state index in [9.17, 15) is 9.59 Å². The largest absolute Gasteiger partial charge is 0.481 e. The molecule has 0 radical (unpaired) electrons. The molecule has 1 aromatic carbocycles. The molecule has 1 rings (SSSR count). The van der Waals surface area contributed by atoms with Gasteiger partial charge in [0.2, 0.25) is 0 Å². The van der Waals surface area contributed by atoms with E-state index in [1.807, 2.05) is 6.07 Å². The lowest BCUT2D eigenvalue weighted by Gasteiger charge is -2.11. The number of carboxylic acids is 1. The molecule has 1 amide bonds. The van der Waals surface area contributed by atoms with Crippen LogP contribution in [0.1, 0.15) is 18.9 Å². The number of rotatable bonds is 6. The minimum Gasteiger partial charge on any atom is -0.481 e. The van der Waals surface area contributed by atoms with E-state index in [2.05, 4.69) is 5.32 Å². The molecule has 1 atom stereocenters. The molecule has 5 nitrogen and oxygen atoms in total. The van der Waals surface area contributed by atoms with Gasteiger partial charge in [-0.15, -0.1) is 0 Å². The topological polar surface area (TPSA) is 75.6 Å². The number of carboxylic acid groups (broad SMARTS) is 1. The van der Waals surface area contributed by atoms with Crippen LogP contribution in [0.25, 0.3) is 0 Å². The fourth-order valence-electron chi connectivity index (χ4n) is 1.41. The Bertz CT molecular complexity index is 431. The van der Waals surface area contributed by atoms with Crippen LogP contribution in [-0.2, 0) is 20.7 Å². The highest BCUT2D eigenvalue weighted by Crippen LogP contribution is 2.13. The number of hydrogen-bond donors (Lipinski definition) is 2. The summed E-state index contributed by atoms with van der Waals surface area (Å²) in [4.78, 5) is 22.1. The summed E-state index contributed by atoms with van der Waals surface area (Å²) < 4.78 is 4.90. The van der Waals surface area contributed by atoms with Gasteiger partial charge in [0.1, 0.15) is 6.10 Å². The molecule has 0 saturated heterocycles. The standard InChI is InChI=1S/C13H17NO4/c1-9(18-2)13(17)14-11-5-3-4-10(8-11)6-7-12(15)16/h3-5,8-9H,6-7H2,1-2H3,(H,14,17)(H,15,16). The number of amides is 1. The number of aliphatic carboxylic acids is 1. The minimum atomic E-state index is -0.836. The number of hydrogen-bond acceptors (Lipinski definition) is 3. The maximum absolute atomic E-state index is 11.6. The lowest BCUT2D eigenvalue weighted by Crippen LogP contribution is -2.26. The van der Waals surface area contributed by atoms with E-state index in [0.717, 1.165) is 5.56 Å². The molecule has 0 saturated carbocycles. The molecular formula is C13H17NO4. The van der Waals surface area contributed by atoms with Crippen LogP contribution in [0.5, 0.6) is 0 Å². The molecule has 0 aromatic heterocycles. The van der Waals surface area contributed by atoms with Gasteiger partial charge < -0.3 is 15.2 Å². The zero-order valence-electron chi connectivity index (χ0n) is 10.5. The number of methoxy groups -OCH3 is 1. The molecule has 0 aliphatic heterocycles. The highest BCUT2D eigenvalue weighted by molar-refractivity contribution is 5.93. The van der Waals surface area contributed by atoms with E-state index in [0.29, 0.717) is 12.1 Å². The van der Waals surface area contributed by atoms with E-state index in [-0.39, 0.29) is 12.3 Å². The fraction of sp³-hybridized carbons (Fsp3) is 0.385. The van der Waals surface area contributed by atoms with Crippen molar-refractivity contribution in [2.75, 3.05) is 12.4 Å². The second-order valence-corrected chi connectivity index (χ2v) is 3.96. The number of carbonyl (C=O) groups excluding carboxylic acids is 1. The van der Waals surface area contributed by atoms with Gasteiger partial charge in [-0.25, -0.2) is 0 Å². The van der Waals surface area contributed by atoms with Gasteiger partial charge >= 0.3 is 5.97 Å². The third-order valence-corrected chi connectivity index (χ3v) is 2.54. The van der Waals surface area contributed by atoms with E-state index in [4.69, 9.17) is 9.84 Å². The summed E-state index contributed by atoms with van der Waals surface area (Å²) in [6.07, 6.45) is -0.00207. The molecule has 0 spiro atoms. The molecule has 18 heavy (non-hydrogen) atoms. The number of nitrogens with one attached hydrogen (secondary N) is 1. The molecule has 1 unspecified atom stereocenters. The molecule has 0 heterocycles. The second kappa shape index (κ2) is 6.76. The third-order valence-electron chi connectivity index (χ3n) is 2.54. The average molecular weight is 251 g/mol. The van der Waals surface area contributed by atoms with Gasteiger partial charge in [-0.05, 0) is 31.0 Å². The van der Waals surface area contributed by atoms with Gasteiger partial charge in [0.05, 0.1) is 0 Å². The number of anilines is 1. The maximum atomic E-state index is 11.6.